The number of benzene rings is 1. The van der Waals surface area contributed by atoms with Crippen molar-refractivity contribution < 1.29 is 4.74 Å². The van der Waals surface area contributed by atoms with Crippen molar-refractivity contribution in [2.24, 2.45) is 0 Å². The van der Waals surface area contributed by atoms with E-state index in [-0.39, 0.29) is 6.10 Å². The van der Waals surface area contributed by atoms with Crippen LogP contribution in [0.2, 0.25) is 0 Å². The van der Waals surface area contributed by atoms with Crippen molar-refractivity contribution in [3.05, 3.63) is 79.6 Å². The van der Waals surface area contributed by atoms with E-state index >= 15 is 0 Å². The Balaban J connectivity index is 1.26. The molecule has 7 rings (SSSR count). The Hall–Kier alpha value is -4.56. The van der Waals surface area contributed by atoms with Gasteiger partial charge < -0.3 is 15.0 Å². The normalized spacial score (nSPS) is 14.4. The number of piperidine rings is 1. The third-order valence-corrected chi connectivity index (χ3v) is 6.99. The smallest absolute Gasteiger partial charge is 0.138 e. The van der Waals surface area contributed by atoms with Crippen LogP contribution in [0.5, 0.6) is 5.75 Å². The SMILES string of the molecule is c1cc(-c2cncc3[nH]c(-c4n[nH]c5ccc(-c6cncc(OC7CCNCC7)c6)cc45)cc23)ccn1. The number of ether oxygens (including phenoxy) is 1. The number of rotatable bonds is 5. The van der Waals surface area contributed by atoms with Crippen LogP contribution >= 0.6 is 0 Å². The van der Waals surface area contributed by atoms with Gasteiger partial charge in [0.2, 0.25) is 0 Å². The molecule has 1 aromatic carbocycles. The topological polar surface area (TPSA) is 104 Å². The summed E-state index contributed by atoms with van der Waals surface area (Å²) in [6, 6.07) is 14.5. The predicted octanol–water partition coefficient (Wildman–Crippen LogP) is 5.36. The summed E-state index contributed by atoms with van der Waals surface area (Å²) in [4.78, 5) is 16.6. The number of fused-ring (bicyclic) bond motifs is 2. The summed E-state index contributed by atoms with van der Waals surface area (Å²) in [5.74, 6) is 0.809. The van der Waals surface area contributed by atoms with Crippen LogP contribution < -0.4 is 10.1 Å². The molecular formula is C29H25N7O. The molecule has 1 aliphatic rings. The highest BCUT2D eigenvalue weighted by Gasteiger charge is 2.17. The van der Waals surface area contributed by atoms with Crippen LogP contribution in [0.25, 0.3) is 55.4 Å². The third-order valence-electron chi connectivity index (χ3n) is 6.99. The summed E-state index contributed by atoms with van der Waals surface area (Å²) in [6.45, 7) is 1.98. The Kier molecular flexibility index (Phi) is 5.36. The van der Waals surface area contributed by atoms with Crippen molar-refractivity contribution >= 4 is 21.8 Å². The van der Waals surface area contributed by atoms with Crippen molar-refractivity contribution in [1.29, 1.82) is 0 Å². The predicted molar refractivity (Wildman–Crippen MR) is 144 cm³/mol. The molecule has 8 nitrogen and oxygen atoms in total. The van der Waals surface area contributed by atoms with E-state index in [1.807, 2.05) is 30.7 Å². The average Bonchev–Trinajstić information content (AvgIpc) is 3.58. The summed E-state index contributed by atoms with van der Waals surface area (Å²) in [5.41, 5.74) is 7.94. The number of hydrogen-bond acceptors (Lipinski definition) is 6. The van der Waals surface area contributed by atoms with Crippen LogP contribution in [0.1, 0.15) is 12.8 Å². The second kappa shape index (κ2) is 9.15. The van der Waals surface area contributed by atoms with E-state index in [0.717, 1.165) is 87.1 Å². The minimum absolute atomic E-state index is 0.231. The lowest BCUT2D eigenvalue weighted by atomic mass is 10.0. The van der Waals surface area contributed by atoms with Gasteiger partial charge in [0.25, 0.3) is 0 Å². The van der Waals surface area contributed by atoms with Gasteiger partial charge in [-0.1, -0.05) is 6.07 Å². The van der Waals surface area contributed by atoms with E-state index in [9.17, 15) is 0 Å². The number of nitrogens with one attached hydrogen (secondary N) is 3. The first-order valence-electron chi connectivity index (χ1n) is 12.5. The number of aromatic nitrogens is 6. The second-order valence-corrected chi connectivity index (χ2v) is 9.38. The van der Waals surface area contributed by atoms with Gasteiger partial charge in [-0.3, -0.25) is 20.1 Å². The molecule has 182 valence electrons. The summed E-state index contributed by atoms with van der Waals surface area (Å²) in [7, 11) is 0. The van der Waals surface area contributed by atoms with Crippen LogP contribution in [0, 0.1) is 0 Å². The fourth-order valence-corrected chi connectivity index (χ4v) is 5.09. The molecule has 0 aliphatic carbocycles. The molecule has 0 spiro atoms. The molecular weight excluding hydrogens is 462 g/mol. The van der Waals surface area contributed by atoms with Gasteiger partial charge >= 0.3 is 0 Å². The van der Waals surface area contributed by atoms with Gasteiger partial charge in [0.1, 0.15) is 17.5 Å². The maximum absolute atomic E-state index is 6.23. The maximum Gasteiger partial charge on any atom is 0.138 e. The van der Waals surface area contributed by atoms with E-state index in [1.165, 1.54) is 0 Å². The standard InChI is InChI=1S/C29H25N7O/c1-2-26-24(12-19(1)20-11-22(15-32-14-20)37-21-5-9-31-10-6-21)29(36-35-26)27-13-23-25(16-33-17-28(23)34-27)18-3-7-30-8-4-18/h1-4,7-8,11-17,21,31,34H,5-6,9-10H2,(H,35,36). The first-order valence-corrected chi connectivity index (χ1v) is 12.5. The molecule has 5 aromatic heterocycles. The number of pyridine rings is 3. The Morgan fingerprint density at radius 3 is 2.49 bits per heavy atom. The molecule has 0 atom stereocenters. The fraction of sp³-hybridized carbons (Fsp3) is 0.172. The summed E-state index contributed by atoms with van der Waals surface area (Å²) >= 11 is 0. The Labute approximate surface area is 213 Å². The van der Waals surface area contributed by atoms with Crippen LogP contribution in [-0.2, 0) is 0 Å². The first-order chi connectivity index (χ1) is 18.3. The van der Waals surface area contributed by atoms with E-state index in [1.54, 1.807) is 18.6 Å². The molecule has 0 radical (unpaired) electrons. The fourth-order valence-electron chi connectivity index (χ4n) is 5.09. The highest BCUT2D eigenvalue weighted by atomic mass is 16.5. The number of nitrogens with zero attached hydrogens (tertiary/aromatic N) is 4. The molecule has 1 fully saturated rings. The van der Waals surface area contributed by atoms with Crippen molar-refractivity contribution in [2.75, 3.05) is 13.1 Å². The number of hydrogen-bond donors (Lipinski definition) is 3. The zero-order chi connectivity index (χ0) is 24.6. The van der Waals surface area contributed by atoms with Gasteiger partial charge in [-0.2, -0.15) is 5.10 Å². The first kappa shape index (κ1) is 21.7. The lowest BCUT2D eigenvalue weighted by Crippen LogP contribution is -2.34. The molecule has 0 saturated carbocycles. The van der Waals surface area contributed by atoms with Gasteiger partial charge in [-0.25, -0.2) is 0 Å². The van der Waals surface area contributed by atoms with Crippen molar-refractivity contribution in [2.45, 2.75) is 18.9 Å². The molecule has 0 bridgehead atoms. The molecule has 6 aromatic rings. The van der Waals surface area contributed by atoms with Crippen molar-refractivity contribution in [3.63, 3.8) is 0 Å². The van der Waals surface area contributed by atoms with Crippen molar-refractivity contribution in [1.82, 2.24) is 35.5 Å². The molecule has 37 heavy (non-hydrogen) atoms. The Bertz CT molecular complexity index is 1700. The number of aromatic amines is 2. The van der Waals surface area contributed by atoms with Gasteiger partial charge in [0.15, 0.2) is 0 Å². The third kappa shape index (κ3) is 4.11. The van der Waals surface area contributed by atoms with Crippen molar-refractivity contribution in [3.8, 4) is 39.4 Å². The molecule has 0 amide bonds. The van der Waals surface area contributed by atoms with E-state index in [4.69, 9.17) is 4.74 Å². The van der Waals surface area contributed by atoms with Gasteiger partial charge in [-0.15, -0.1) is 0 Å². The summed E-state index contributed by atoms with van der Waals surface area (Å²) < 4.78 is 6.23. The van der Waals surface area contributed by atoms with Crippen LogP contribution in [0.3, 0.4) is 0 Å². The molecule has 8 heteroatoms. The van der Waals surface area contributed by atoms with Gasteiger partial charge in [0, 0.05) is 46.7 Å². The molecule has 1 saturated heterocycles. The van der Waals surface area contributed by atoms with Gasteiger partial charge in [0.05, 0.1) is 29.1 Å². The Morgan fingerprint density at radius 1 is 0.730 bits per heavy atom. The van der Waals surface area contributed by atoms with E-state index in [0.29, 0.717) is 0 Å². The molecule has 6 heterocycles. The minimum atomic E-state index is 0.231. The van der Waals surface area contributed by atoms with Crippen LogP contribution in [-0.4, -0.2) is 49.3 Å². The van der Waals surface area contributed by atoms with E-state index in [2.05, 4.69) is 65.8 Å². The zero-order valence-electron chi connectivity index (χ0n) is 20.1. The monoisotopic (exact) mass is 487 g/mol. The lowest BCUT2D eigenvalue weighted by Gasteiger charge is -2.23. The maximum atomic E-state index is 6.23. The zero-order valence-corrected chi connectivity index (χ0v) is 20.1. The summed E-state index contributed by atoms with van der Waals surface area (Å²) in [6.07, 6.45) is 13.3. The van der Waals surface area contributed by atoms with E-state index < -0.39 is 0 Å². The quantitative estimate of drug-likeness (QED) is 0.302. The summed E-state index contributed by atoms with van der Waals surface area (Å²) in [5, 5.41) is 13.3. The molecule has 1 aliphatic heterocycles. The highest BCUT2D eigenvalue weighted by Crippen LogP contribution is 2.35. The van der Waals surface area contributed by atoms with Crippen LogP contribution in [0.15, 0.2) is 79.6 Å². The number of H-pyrrole nitrogens is 2. The lowest BCUT2D eigenvalue weighted by molar-refractivity contribution is 0.162. The highest BCUT2D eigenvalue weighted by molar-refractivity contribution is 6.01. The largest absolute Gasteiger partial charge is 0.489 e. The molecule has 3 N–H and O–H groups in total. The molecule has 0 unspecified atom stereocenters. The second-order valence-electron chi connectivity index (χ2n) is 9.38. The Morgan fingerprint density at radius 2 is 1.59 bits per heavy atom. The average molecular weight is 488 g/mol. The minimum Gasteiger partial charge on any atom is -0.489 e. The van der Waals surface area contributed by atoms with Crippen LogP contribution in [0.4, 0.5) is 0 Å². The van der Waals surface area contributed by atoms with Gasteiger partial charge in [-0.05, 0) is 73.5 Å².